The predicted molar refractivity (Wildman–Crippen MR) is 112 cm³/mol. The number of ether oxygens (including phenoxy) is 1. The van der Waals surface area contributed by atoms with Crippen molar-refractivity contribution in [2.75, 3.05) is 39.7 Å². The smallest absolute Gasteiger partial charge is 0.194 e. The van der Waals surface area contributed by atoms with Crippen LogP contribution in [0.3, 0.4) is 0 Å². The lowest BCUT2D eigenvalue weighted by molar-refractivity contribution is 0.119. The number of anilines is 1. The summed E-state index contributed by atoms with van der Waals surface area (Å²) >= 11 is 1.63. The predicted octanol–water partition coefficient (Wildman–Crippen LogP) is 2.91. The summed E-state index contributed by atoms with van der Waals surface area (Å²) in [5, 5.41) is 6.43. The maximum atomic E-state index is 5.34. The van der Waals surface area contributed by atoms with Crippen LogP contribution in [0.15, 0.2) is 28.7 Å². The summed E-state index contributed by atoms with van der Waals surface area (Å²) in [5.41, 5.74) is 2.15. The molecule has 8 heteroatoms. The number of thiazole rings is 1. The molecule has 27 heavy (non-hydrogen) atoms. The molecule has 0 saturated heterocycles. The molecule has 2 aromatic rings. The SMILES string of the molecule is CCNC(=NCc1ccnc(N(C)C)c1)N(C)Cc1csc(C(C)OC)n1. The van der Waals surface area contributed by atoms with Crippen LogP contribution in [0.2, 0.25) is 0 Å². The lowest BCUT2D eigenvalue weighted by Gasteiger charge is -2.21. The van der Waals surface area contributed by atoms with Gasteiger partial charge < -0.3 is 19.9 Å². The van der Waals surface area contributed by atoms with E-state index >= 15 is 0 Å². The summed E-state index contributed by atoms with van der Waals surface area (Å²) in [6.07, 6.45) is 1.85. The molecule has 2 aromatic heterocycles. The van der Waals surface area contributed by atoms with Gasteiger partial charge in [-0.25, -0.2) is 15.0 Å². The molecule has 0 aromatic carbocycles. The van der Waals surface area contributed by atoms with E-state index in [0.29, 0.717) is 13.1 Å². The first-order chi connectivity index (χ1) is 12.9. The largest absolute Gasteiger partial charge is 0.375 e. The van der Waals surface area contributed by atoms with Crippen LogP contribution < -0.4 is 10.2 Å². The van der Waals surface area contributed by atoms with Crippen molar-refractivity contribution in [2.24, 2.45) is 4.99 Å². The lowest BCUT2D eigenvalue weighted by atomic mass is 10.2. The second kappa shape index (κ2) is 10.2. The minimum atomic E-state index is 0.0218. The summed E-state index contributed by atoms with van der Waals surface area (Å²) in [5.74, 6) is 1.79. The molecule has 2 rings (SSSR count). The fourth-order valence-corrected chi connectivity index (χ4v) is 3.28. The maximum absolute atomic E-state index is 5.34. The van der Waals surface area contributed by atoms with E-state index < -0.39 is 0 Å². The van der Waals surface area contributed by atoms with Crippen LogP contribution in [0.4, 0.5) is 5.82 Å². The van der Waals surface area contributed by atoms with Gasteiger partial charge in [0, 0.05) is 46.4 Å². The Balaban J connectivity index is 2.07. The van der Waals surface area contributed by atoms with Gasteiger partial charge in [-0.2, -0.15) is 0 Å². The van der Waals surface area contributed by atoms with Gasteiger partial charge in [-0.05, 0) is 31.5 Å². The standard InChI is InChI=1S/C19H30N6OS/c1-7-20-19(22-11-15-8-9-21-17(10-15)24(3)4)25(5)12-16-13-27-18(23-16)14(2)26-6/h8-10,13-14H,7,11-12H2,1-6H3,(H,20,22). The van der Waals surface area contributed by atoms with Gasteiger partial charge in [0.15, 0.2) is 5.96 Å². The van der Waals surface area contributed by atoms with E-state index in [9.17, 15) is 0 Å². The molecule has 0 spiro atoms. The maximum Gasteiger partial charge on any atom is 0.194 e. The van der Waals surface area contributed by atoms with E-state index in [-0.39, 0.29) is 6.10 Å². The van der Waals surface area contributed by atoms with E-state index in [1.54, 1.807) is 18.4 Å². The van der Waals surface area contributed by atoms with E-state index in [1.807, 2.05) is 45.2 Å². The highest BCUT2D eigenvalue weighted by Gasteiger charge is 2.12. The van der Waals surface area contributed by atoms with Crippen LogP contribution in [-0.2, 0) is 17.8 Å². The second-order valence-electron chi connectivity index (χ2n) is 6.50. The van der Waals surface area contributed by atoms with Crippen LogP contribution in [-0.4, -0.2) is 55.6 Å². The molecule has 1 unspecified atom stereocenters. The molecule has 0 saturated carbocycles. The molecule has 1 atom stereocenters. The molecule has 2 heterocycles. The fraction of sp³-hybridized carbons (Fsp3) is 0.526. The van der Waals surface area contributed by atoms with E-state index in [4.69, 9.17) is 9.73 Å². The lowest BCUT2D eigenvalue weighted by Crippen LogP contribution is -2.38. The minimum absolute atomic E-state index is 0.0218. The number of methoxy groups -OCH3 is 1. The van der Waals surface area contributed by atoms with Gasteiger partial charge >= 0.3 is 0 Å². The summed E-state index contributed by atoms with van der Waals surface area (Å²) in [6, 6.07) is 4.06. The van der Waals surface area contributed by atoms with Crippen molar-refractivity contribution in [1.82, 2.24) is 20.2 Å². The number of guanidine groups is 1. The van der Waals surface area contributed by atoms with Crippen LogP contribution in [0.1, 0.15) is 36.2 Å². The van der Waals surface area contributed by atoms with Crippen LogP contribution in [0.25, 0.3) is 0 Å². The fourth-order valence-electron chi connectivity index (χ4n) is 2.44. The molecule has 7 nitrogen and oxygen atoms in total. The molecule has 0 aliphatic rings. The zero-order chi connectivity index (χ0) is 19.8. The van der Waals surface area contributed by atoms with Gasteiger partial charge in [0.2, 0.25) is 0 Å². The first-order valence-corrected chi connectivity index (χ1v) is 9.91. The summed E-state index contributed by atoms with van der Waals surface area (Å²) in [4.78, 5) is 17.9. The molecule has 0 bridgehead atoms. The first-order valence-electron chi connectivity index (χ1n) is 9.03. The number of hydrogen-bond donors (Lipinski definition) is 1. The normalized spacial score (nSPS) is 12.7. The number of aromatic nitrogens is 2. The van der Waals surface area contributed by atoms with Gasteiger partial charge in [0.25, 0.3) is 0 Å². The highest BCUT2D eigenvalue weighted by atomic mass is 32.1. The van der Waals surface area contributed by atoms with E-state index in [2.05, 4.69) is 38.6 Å². The number of pyridine rings is 1. The van der Waals surface area contributed by atoms with Gasteiger partial charge in [0.05, 0.1) is 18.8 Å². The number of hydrogen-bond acceptors (Lipinski definition) is 6. The molecular weight excluding hydrogens is 360 g/mol. The minimum Gasteiger partial charge on any atom is -0.375 e. The Labute approximate surface area is 166 Å². The molecule has 0 amide bonds. The molecular formula is C19H30N6OS. The van der Waals surface area contributed by atoms with Crippen molar-refractivity contribution in [3.8, 4) is 0 Å². The Bertz CT molecular complexity index is 745. The highest BCUT2D eigenvalue weighted by Crippen LogP contribution is 2.21. The summed E-state index contributed by atoms with van der Waals surface area (Å²) < 4.78 is 5.34. The van der Waals surface area contributed by atoms with Crippen LogP contribution in [0.5, 0.6) is 0 Å². The Morgan fingerprint density at radius 3 is 2.81 bits per heavy atom. The molecule has 0 radical (unpaired) electrons. The van der Waals surface area contributed by atoms with Gasteiger partial charge in [-0.15, -0.1) is 11.3 Å². The van der Waals surface area contributed by atoms with E-state index in [1.165, 1.54) is 0 Å². The third kappa shape index (κ3) is 6.18. The monoisotopic (exact) mass is 390 g/mol. The average molecular weight is 391 g/mol. The van der Waals surface area contributed by atoms with Crippen molar-refractivity contribution >= 4 is 23.1 Å². The molecule has 0 aliphatic carbocycles. The Kier molecular flexibility index (Phi) is 7.99. The zero-order valence-corrected chi connectivity index (χ0v) is 17.9. The Morgan fingerprint density at radius 2 is 2.15 bits per heavy atom. The quantitative estimate of drug-likeness (QED) is 0.552. The molecule has 1 N–H and O–H groups in total. The number of rotatable bonds is 8. The van der Waals surface area contributed by atoms with Crippen molar-refractivity contribution < 1.29 is 4.74 Å². The van der Waals surface area contributed by atoms with Crippen LogP contribution in [0, 0.1) is 0 Å². The first kappa shape index (κ1) is 21.1. The number of nitrogens with one attached hydrogen (secondary N) is 1. The van der Waals surface area contributed by atoms with Crippen LogP contribution >= 0.6 is 11.3 Å². The van der Waals surface area contributed by atoms with Crippen molar-refractivity contribution in [2.45, 2.75) is 33.0 Å². The Morgan fingerprint density at radius 1 is 1.37 bits per heavy atom. The molecule has 0 fully saturated rings. The number of aliphatic imine (C=N–C) groups is 1. The third-order valence-corrected chi connectivity index (χ3v) is 5.10. The average Bonchev–Trinajstić information content (AvgIpc) is 3.13. The molecule has 0 aliphatic heterocycles. The topological polar surface area (TPSA) is 65.9 Å². The van der Waals surface area contributed by atoms with E-state index in [0.717, 1.165) is 34.6 Å². The summed E-state index contributed by atoms with van der Waals surface area (Å²) in [7, 11) is 7.70. The van der Waals surface area contributed by atoms with Gasteiger partial charge in [-0.1, -0.05) is 0 Å². The van der Waals surface area contributed by atoms with Crippen molar-refractivity contribution in [1.29, 1.82) is 0 Å². The zero-order valence-electron chi connectivity index (χ0n) is 17.1. The Hall–Kier alpha value is -2.19. The third-order valence-electron chi connectivity index (χ3n) is 4.05. The highest BCUT2D eigenvalue weighted by molar-refractivity contribution is 7.09. The van der Waals surface area contributed by atoms with Gasteiger partial charge in [-0.3, -0.25) is 0 Å². The van der Waals surface area contributed by atoms with Crippen molar-refractivity contribution in [3.63, 3.8) is 0 Å². The van der Waals surface area contributed by atoms with Gasteiger partial charge in [0.1, 0.15) is 16.9 Å². The number of nitrogens with zero attached hydrogens (tertiary/aromatic N) is 5. The summed E-state index contributed by atoms with van der Waals surface area (Å²) in [6.45, 7) is 6.18. The molecule has 148 valence electrons. The van der Waals surface area contributed by atoms with Crippen molar-refractivity contribution in [3.05, 3.63) is 40.0 Å². The second-order valence-corrected chi connectivity index (χ2v) is 7.39.